The van der Waals surface area contributed by atoms with E-state index in [1.807, 2.05) is 13.8 Å². The van der Waals surface area contributed by atoms with Gasteiger partial charge in [-0.25, -0.2) is 9.97 Å². The van der Waals surface area contributed by atoms with E-state index < -0.39 is 11.7 Å². The van der Waals surface area contributed by atoms with Gasteiger partial charge < -0.3 is 16.0 Å². The molecule has 0 radical (unpaired) electrons. The minimum atomic E-state index is -4.37. The van der Waals surface area contributed by atoms with Crippen molar-refractivity contribution in [3.8, 4) is 0 Å². The summed E-state index contributed by atoms with van der Waals surface area (Å²) in [6.45, 7) is 6.64. The third-order valence-electron chi connectivity index (χ3n) is 3.69. The van der Waals surface area contributed by atoms with Crippen LogP contribution in [0.25, 0.3) is 0 Å². The average Bonchev–Trinajstić information content (AvgIpc) is 3.06. The number of thiazole rings is 1. The van der Waals surface area contributed by atoms with Gasteiger partial charge in [0.2, 0.25) is 0 Å². The molecule has 2 rings (SSSR count). The number of pyridine rings is 1. The van der Waals surface area contributed by atoms with Gasteiger partial charge in [0.15, 0.2) is 5.96 Å². The molecule has 3 N–H and O–H groups in total. The van der Waals surface area contributed by atoms with Gasteiger partial charge in [-0.1, -0.05) is 0 Å². The number of aromatic nitrogens is 2. The first-order chi connectivity index (χ1) is 13.4. The maximum Gasteiger partial charge on any atom is 0.417 e. The maximum absolute atomic E-state index is 12.5. The number of hydrogen-bond acceptors (Lipinski definition) is 5. The molecule has 2 aromatic heterocycles. The Morgan fingerprint density at radius 1 is 1.21 bits per heavy atom. The lowest BCUT2D eigenvalue weighted by atomic mass is 10.3. The first-order valence-electron chi connectivity index (χ1n) is 9.08. The van der Waals surface area contributed by atoms with Gasteiger partial charge in [0.25, 0.3) is 0 Å². The van der Waals surface area contributed by atoms with Crippen LogP contribution in [0.15, 0.2) is 28.7 Å². The van der Waals surface area contributed by atoms with Crippen LogP contribution in [-0.2, 0) is 12.6 Å². The second-order valence-corrected chi connectivity index (χ2v) is 7.07. The predicted molar refractivity (Wildman–Crippen MR) is 107 cm³/mol. The highest BCUT2D eigenvalue weighted by Crippen LogP contribution is 2.28. The van der Waals surface area contributed by atoms with Crippen molar-refractivity contribution in [2.75, 3.05) is 31.5 Å². The largest absolute Gasteiger partial charge is 0.417 e. The molecule has 2 heterocycles. The van der Waals surface area contributed by atoms with E-state index in [2.05, 4.69) is 36.3 Å². The molecule has 0 spiro atoms. The Hall–Kier alpha value is -2.36. The van der Waals surface area contributed by atoms with Crippen LogP contribution in [0.4, 0.5) is 19.0 Å². The third kappa shape index (κ3) is 7.71. The van der Waals surface area contributed by atoms with Gasteiger partial charge in [-0.2, -0.15) is 13.2 Å². The highest BCUT2D eigenvalue weighted by Gasteiger charge is 2.30. The summed E-state index contributed by atoms with van der Waals surface area (Å²) in [7, 11) is 0. The summed E-state index contributed by atoms with van der Waals surface area (Å²) in [5, 5.41) is 12.6. The zero-order valence-corrected chi connectivity index (χ0v) is 16.8. The SMILES string of the molecule is CCNC(=NCCCNc1ccc(C(F)(F)F)cn1)NCCc1csc(C)n1. The molecule has 10 heteroatoms. The lowest BCUT2D eigenvalue weighted by Gasteiger charge is -2.11. The van der Waals surface area contributed by atoms with Crippen molar-refractivity contribution in [2.24, 2.45) is 4.99 Å². The number of anilines is 1. The monoisotopic (exact) mass is 414 g/mol. The van der Waals surface area contributed by atoms with E-state index >= 15 is 0 Å². The van der Waals surface area contributed by atoms with Crippen molar-refractivity contribution in [1.82, 2.24) is 20.6 Å². The van der Waals surface area contributed by atoms with Gasteiger partial charge in [-0.15, -0.1) is 11.3 Å². The molecule has 0 aliphatic rings. The second kappa shape index (κ2) is 10.8. The summed E-state index contributed by atoms with van der Waals surface area (Å²) in [4.78, 5) is 12.7. The van der Waals surface area contributed by atoms with E-state index in [0.29, 0.717) is 18.9 Å². The Morgan fingerprint density at radius 2 is 2.04 bits per heavy atom. The van der Waals surface area contributed by atoms with Crippen molar-refractivity contribution in [2.45, 2.75) is 32.9 Å². The lowest BCUT2D eigenvalue weighted by Crippen LogP contribution is -2.38. The number of alkyl halides is 3. The summed E-state index contributed by atoms with van der Waals surface area (Å²) in [5.74, 6) is 1.16. The number of hydrogen-bond donors (Lipinski definition) is 3. The molecule has 0 aromatic carbocycles. The van der Waals surface area contributed by atoms with Crippen molar-refractivity contribution in [1.29, 1.82) is 0 Å². The highest BCUT2D eigenvalue weighted by atomic mass is 32.1. The van der Waals surface area contributed by atoms with Crippen LogP contribution in [0.1, 0.15) is 29.6 Å². The van der Waals surface area contributed by atoms with Crippen molar-refractivity contribution >= 4 is 23.1 Å². The standard InChI is InChI=1S/C18H25F3N6S/c1-3-22-17(25-10-7-15-12-28-13(2)27-15)24-9-4-8-23-16-6-5-14(11-26-16)18(19,20)21/h5-6,11-12H,3-4,7-10H2,1-2H3,(H,23,26)(H2,22,24,25). The number of guanidine groups is 1. The summed E-state index contributed by atoms with van der Waals surface area (Å²) in [5.41, 5.74) is 0.316. The van der Waals surface area contributed by atoms with Crippen molar-refractivity contribution in [3.63, 3.8) is 0 Å². The Kier molecular flexibility index (Phi) is 8.49. The fraction of sp³-hybridized carbons (Fsp3) is 0.500. The van der Waals surface area contributed by atoms with E-state index in [1.54, 1.807) is 11.3 Å². The molecular weight excluding hydrogens is 389 g/mol. The predicted octanol–water partition coefficient (Wildman–Crippen LogP) is 3.47. The second-order valence-electron chi connectivity index (χ2n) is 6.01. The van der Waals surface area contributed by atoms with E-state index in [1.165, 1.54) is 6.07 Å². The molecule has 0 fully saturated rings. The first kappa shape index (κ1) is 21.9. The fourth-order valence-electron chi connectivity index (χ4n) is 2.33. The fourth-order valence-corrected chi connectivity index (χ4v) is 2.97. The average molecular weight is 415 g/mol. The Balaban J connectivity index is 1.69. The summed E-state index contributed by atoms with van der Waals surface area (Å²) >= 11 is 1.64. The van der Waals surface area contributed by atoms with Gasteiger partial charge in [0, 0.05) is 44.2 Å². The van der Waals surface area contributed by atoms with Gasteiger partial charge in [-0.3, -0.25) is 4.99 Å². The minimum Gasteiger partial charge on any atom is -0.370 e. The minimum absolute atomic E-state index is 0.417. The molecule has 6 nitrogen and oxygen atoms in total. The van der Waals surface area contributed by atoms with Gasteiger partial charge >= 0.3 is 6.18 Å². The Bertz CT molecular complexity index is 743. The molecule has 0 unspecified atom stereocenters. The number of aliphatic imine (C=N–C) groups is 1. The number of rotatable bonds is 9. The van der Waals surface area contributed by atoms with E-state index in [0.717, 1.165) is 54.9 Å². The summed E-state index contributed by atoms with van der Waals surface area (Å²) in [6.07, 6.45) is -1.98. The van der Waals surface area contributed by atoms with Gasteiger partial charge in [-0.05, 0) is 32.4 Å². The van der Waals surface area contributed by atoms with E-state index in [-0.39, 0.29) is 0 Å². The maximum atomic E-state index is 12.5. The zero-order chi connectivity index (χ0) is 20.4. The summed E-state index contributed by atoms with van der Waals surface area (Å²) in [6, 6.07) is 2.35. The molecule has 0 aliphatic heterocycles. The van der Waals surface area contributed by atoms with Crippen LogP contribution < -0.4 is 16.0 Å². The molecule has 0 aliphatic carbocycles. The molecule has 0 saturated carbocycles. The van der Waals surface area contributed by atoms with E-state index in [9.17, 15) is 13.2 Å². The number of aryl methyl sites for hydroxylation is 1. The van der Waals surface area contributed by atoms with Crippen LogP contribution in [0, 0.1) is 6.92 Å². The zero-order valence-electron chi connectivity index (χ0n) is 15.9. The van der Waals surface area contributed by atoms with Gasteiger partial charge in [0.1, 0.15) is 5.82 Å². The smallest absolute Gasteiger partial charge is 0.370 e. The number of nitrogens with one attached hydrogen (secondary N) is 3. The van der Waals surface area contributed by atoms with Crippen molar-refractivity contribution in [3.05, 3.63) is 40.0 Å². The Labute approximate surface area is 166 Å². The number of halogens is 3. The molecular formula is C18H25F3N6S. The molecule has 0 amide bonds. The first-order valence-corrected chi connectivity index (χ1v) is 9.96. The van der Waals surface area contributed by atoms with Crippen LogP contribution in [0.5, 0.6) is 0 Å². The third-order valence-corrected chi connectivity index (χ3v) is 4.51. The summed E-state index contributed by atoms with van der Waals surface area (Å²) < 4.78 is 37.5. The quantitative estimate of drug-likeness (QED) is 0.333. The molecule has 154 valence electrons. The Morgan fingerprint density at radius 3 is 2.64 bits per heavy atom. The van der Waals surface area contributed by atoms with Crippen molar-refractivity contribution < 1.29 is 13.2 Å². The topological polar surface area (TPSA) is 74.2 Å². The lowest BCUT2D eigenvalue weighted by molar-refractivity contribution is -0.137. The van der Waals surface area contributed by atoms with E-state index in [4.69, 9.17) is 0 Å². The molecule has 0 saturated heterocycles. The van der Waals surface area contributed by atoms with Crippen LogP contribution >= 0.6 is 11.3 Å². The molecule has 2 aromatic rings. The van der Waals surface area contributed by atoms with Crippen LogP contribution in [-0.4, -0.2) is 42.1 Å². The highest BCUT2D eigenvalue weighted by molar-refractivity contribution is 7.09. The molecule has 28 heavy (non-hydrogen) atoms. The van der Waals surface area contributed by atoms with Gasteiger partial charge in [0.05, 0.1) is 16.3 Å². The van der Waals surface area contributed by atoms with Crippen LogP contribution in [0.3, 0.4) is 0 Å². The molecule has 0 atom stereocenters. The normalized spacial score (nSPS) is 12.1. The molecule has 0 bridgehead atoms. The number of nitrogens with zero attached hydrogens (tertiary/aromatic N) is 3. The van der Waals surface area contributed by atoms with Crippen LogP contribution in [0.2, 0.25) is 0 Å².